The number of carbonyl (C=O) groups is 2. The van der Waals surface area contributed by atoms with Crippen LogP contribution in [-0.2, 0) is 9.59 Å². The van der Waals surface area contributed by atoms with Gasteiger partial charge in [0.15, 0.2) is 0 Å². The molecule has 2 amide bonds. The van der Waals surface area contributed by atoms with Crippen LogP contribution in [0, 0.1) is 0 Å². The van der Waals surface area contributed by atoms with Crippen LogP contribution in [0.5, 0.6) is 5.75 Å². The molecule has 132 valence electrons. The Morgan fingerprint density at radius 2 is 1.68 bits per heavy atom. The standard InChI is InChI=1S/C18H18F2N2O3/c1-2-15(23)22-16(12-6-4-3-5-7-12)17(24)21-13-8-10-14(11-9-13)25-18(19)20/h3-11,16,18H,2H2,1H3,(H,21,24)(H,22,23)/t16-/m1/s1. The minimum Gasteiger partial charge on any atom is -0.435 e. The van der Waals surface area contributed by atoms with Crippen molar-refractivity contribution in [2.24, 2.45) is 0 Å². The van der Waals surface area contributed by atoms with E-state index < -0.39 is 18.6 Å². The van der Waals surface area contributed by atoms with Crippen molar-refractivity contribution < 1.29 is 23.1 Å². The quantitative estimate of drug-likeness (QED) is 0.805. The molecule has 0 unspecified atom stereocenters. The van der Waals surface area contributed by atoms with Crippen LogP contribution in [0.3, 0.4) is 0 Å². The molecule has 0 bridgehead atoms. The first-order chi connectivity index (χ1) is 12.0. The van der Waals surface area contributed by atoms with Crippen LogP contribution in [0.25, 0.3) is 0 Å². The Kier molecular flexibility index (Phi) is 6.45. The van der Waals surface area contributed by atoms with Crippen LogP contribution >= 0.6 is 0 Å². The van der Waals surface area contributed by atoms with Gasteiger partial charge in [-0.3, -0.25) is 9.59 Å². The molecule has 0 saturated carbocycles. The number of rotatable bonds is 7. The van der Waals surface area contributed by atoms with E-state index in [4.69, 9.17) is 0 Å². The van der Waals surface area contributed by atoms with Gasteiger partial charge in [0.1, 0.15) is 11.8 Å². The Morgan fingerprint density at radius 3 is 2.24 bits per heavy atom. The van der Waals surface area contributed by atoms with Crippen molar-refractivity contribution in [1.82, 2.24) is 5.32 Å². The molecule has 0 fully saturated rings. The molecular weight excluding hydrogens is 330 g/mol. The maximum absolute atomic E-state index is 12.6. The molecule has 25 heavy (non-hydrogen) atoms. The smallest absolute Gasteiger partial charge is 0.387 e. The highest BCUT2D eigenvalue weighted by Crippen LogP contribution is 2.20. The zero-order valence-electron chi connectivity index (χ0n) is 13.5. The highest BCUT2D eigenvalue weighted by atomic mass is 19.3. The van der Waals surface area contributed by atoms with Crippen LogP contribution in [0.1, 0.15) is 24.9 Å². The van der Waals surface area contributed by atoms with Gasteiger partial charge in [0, 0.05) is 12.1 Å². The van der Waals surface area contributed by atoms with Crippen LogP contribution in [0.2, 0.25) is 0 Å². The third kappa shape index (κ3) is 5.56. The third-order valence-electron chi connectivity index (χ3n) is 3.37. The van der Waals surface area contributed by atoms with E-state index in [9.17, 15) is 18.4 Å². The van der Waals surface area contributed by atoms with Gasteiger partial charge in [-0.1, -0.05) is 37.3 Å². The summed E-state index contributed by atoms with van der Waals surface area (Å²) in [5.41, 5.74) is 1.04. The van der Waals surface area contributed by atoms with Crippen LogP contribution in [-0.4, -0.2) is 18.4 Å². The summed E-state index contributed by atoms with van der Waals surface area (Å²) < 4.78 is 28.6. The average Bonchev–Trinajstić information content (AvgIpc) is 2.61. The lowest BCUT2D eigenvalue weighted by Crippen LogP contribution is -2.36. The minimum absolute atomic E-state index is 0.00751. The van der Waals surface area contributed by atoms with E-state index in [1.807, 2.05) is 6.07 Å². The molecule has 5 nitrogen and oxygen atoms in total. The van der Waals surface area contributed by atoms with Crippen LogP contribution in [0.4, 0.5) is 14.5 Å². The van der Waals surface area contributed by atoms with Crippen molar-refractivity contribution in [3.8, 4) is 5.75 Å². The van der Waals surface area contributed by atoms with Crippen molar-refractivity contribution >= 4 is 17.5 Å². The molecule has 2 rings (SSSR count). The molecule has 0 aromatic heterocycles. The monoisotopic (exact) mass is 348 g/mol. The van der Waals surface area contributed by atoms with Gasteiger partial charge in [-0.25, -0.2) is 0 Å². The van der Waals surface area contributed by atoms with Gasteiger partial charge in [-0.05, 0) is 29.8 Å². The first kappa shape index (κ1) is 18.4. The normalized spacial score (nSPS) is 11.7. The van der Waals surface area contributed by atoms with Gasteiger partial charge in [-0.2, -0.15) is 8.78 Å². The fraction of sp³-hybridized carbons (Fsp3) is 0.222. The summed E-state index contributed by atoms with van der Waals surface area (Å²) in [6, 6.07) is 13.5. The summed E-state index contributed by atoms with van der Waals surface area (Å²) >= 11 is 0. The summed E-state index contributed by atoms with van der Waals surface area (Å²) in [5.74, 6) is -0.702. The fourth-order valence-corrected chi connectivity index (χ4v) is 2.14. The van der Waals surface area contributed by atoms with Gasteiger partial charge < -0.3 is 15.4 Å². The van der Waals surface area contributed by atoms with Gasteiger partial charge in [0.05, 0.1) is 0 Å². The summed E-state index contributed by atoms with van der Waals surface area (Å²) in [6.45, 7) is -1.22. The summed E-state index contributed by atoms with van der Waals surface area (Å²) in [6.07, 6.45) is 0.246. The van der Waals surface area contributed by atoms with Gasteiger partial charge in [0.2, 0.25) is 5.91 Å². The maximum atomic E-state index is 12.6. The minimum atomic E-state index is -2.91. The highest BCUT2D eigenvalue weighted by molar-refractivity contribution is 5.97. The van der Waals surface area contributed by atoms with E-state index in [1.54, 1.807) is 31.2 Å². The summed E-state index contributed by atoms with van der Waals surface area (Å²) in [5, 5.41) is 5.32. The molecule has 0 aliphatic carbocycles. The molecule has 0 spiro atoms. The van der Waals surface area contributed by atoms with E-state index >= 15 is 0 Å². The fourth-order valence-electron chi connectivity index (χ4n) is 2.14. The largest absolute Gasteiger partial charge is 0.435 e. The number of nitrogens with one attached hydrogen (secondary N) is 2. The Balaban J connectivity index is 2.12. The Morgan fingerprint density at radius 1 is 1.04 bits per heavy atom. The zero-order chi connectivity index (χ0) is 18.2. The van der Waals surface area contributed by atoms with Gasteiger partial charge in [0.25, 0.3) is 5.91 Å². The average molecular weight is 348 g/mol. The van der Waals surface area contributed by atoms with Gasteiger partial charge >= 0.3 is 6.61 Å². The Hall–Kier alpha value is -2.96. The lowest BCUT2D eigenvalue weighted by Gasteiger charge is -2.18. The second-order valence-electron chi connectivity index (χ2n) is 5.16. The van der Waals surface area contributed by atoms with Crippen molar-refractivity contribution in [2.75, 3.05) is 5.32 Å². The lowest BCUT2D eigenvalue weighted by molar-refractivity contribution is -0.126. The summed E-state index contributed by atoms with van der Waals surface area (Å²) in [4.78, 5) is 24.3. The van der Waals surface area contributed by atoms with Gasteiger partial charge in [-0.15, -0.1) is 0 Å². The topological polar surface area (TPSA) is 67.4 Å². The SMILES string of the molecule is CCC(=O)N[C@@H](C(=O)Nc1ccc(OC(F)F)cc1)c1ccccc1. The predicted molar refractivity (Wildman–Crippen MR) is 89.3 cm³/mol. The molecule has 0 radical (unpaired) electrons. The second kappa shape index (κ2) is 8.77. The summed E-state index contributed by atoms with van der Waals surface area (Å²) in [7, 11) is 0. The Labute approximate surface area is 144 Å². The number of alkyl halides is 2. The van der Waals surface area contributed by atoms with Crippen molar-refractivity contribution in [3.05, 3.63) is 60.2 Å². The molecule has 0 saturated heterocycles. The Bertz CT molecular complexity index is 706. The first-order valence-corrected chi connectivity index (χ1v) is 7.69. The van der Waals surface area contributed by atoms with E-state index in [0.29, 0.717) is 11.3 Å². The van der Waals surface area contributed by atoms with Crippen molar-refractivity contribution in [1.29, 1.82) is 0 Å². The molecule has 7 heteroatoms. The number of carbonyl (C=O) groups excluding carboxylic acids is 2. The number of halogens is 2. The van der Waals surface area contributed by atoms with Crippen LogP contribution < -0.4 is 15.4 Å². The van der Waals surface area contributed by atoms with E-state index in [-0.39, 0.29) is 18.1 Å². The van der Waals surface area contributed by atoms with E-state index in [0.717, 1.165) is 0 Å². The zero-order valence-corrected chi connectivity index (χ0v) is 13.5. The number of hydrogen-bond acceptors (Lipinski definition) is 3. The number of ether oxygens (including phenoxy) is 1. The molecule has 0 heterocycles. The highest BCUT2D eigenvalue weighted by Gasteiger charge is 2.22. The predicted octanol–water partition coefficient (Wildman–Crippen LogP) is 3.49. The molecule has 1 atom stereocenters. The molecule has 2 aromatic carbocycles. The number of anilines is 1. The maximum Gasteiger partial charge on any atom is 0.387 e. The molecule has 2 aromatic rings. The second-order valence-corrected chi connectivity index (χ2v) is 5.16. The molecular formula is C18H18F2N2O3. The number of benzene rings is 2. The van der Waals surface area contributed by atoms with E-state index in [2.05, 4.69) is 15.4 Å². The number of amides is 2. The van der Waals surface area contributed by atoms with Crippen molar-refractivity contribution in [3.63, 3.8) is 0 Å². The third-order valence-corrected chi connectivity index (χ3v) is 3.37. The molecule has 0 aliphatic rings. The van der Waals surface area contributed by atoms with Crippen molar-refractivity contribution in [2.45, 2.75) is 26.0 Å². The first-order valence-electron chi connectivity index (χ1n) is 7.69. The van der Waals surface area contributed by atoms with E-state index in [1.165, 1.54) is 24.3 Å². The number of hydrogen-bond donors (Lipinski definition) is 2. The molecule has 0 aliphatic heterocycles. The lowest BCUT2D eigenvalue weighted by atomic mass is 10.1. The molecule has 2 N–H and O–H groups in total. The van der Waals surface area contributed by atoms with Crippen LogP contribution in [0.15, 0.2) is 54.6 Å².